The van der Waals surface area contributed by atoms with Crippen molar-refractivity contribution >= 4 is 16.9 Å². The van der Waals surface area contributed by atoms with Crippen LogP contribution in [0.15, 0.2) is 53.2 Å². The van der Waals surface area contributed by atoms with Crippen LogP contribution in [0.25, 0.3) is 33.7 Å². The Labute approximate surface area is 212 Å². The molecule has 1 saturated heterocycles. The monoisotopic (exact) mass is 486 g/mol. The van der Waals surface area contributed by atoms with Gasteiger partial charge in [-0.25, -0.2) is 0 Å². The Balaban J connectivity index is 1.30. The first kappa shape index (κ1) is 24.3. The first-order chi connectivity index (χ1) is 17.4. The third-order valence-electron chi connectivity index (χ3n) is 7.01. The van der Waals surface area contributed by atoms with Gasteiger partial charge in [0.25, 0.3) is 5.89 Å². The number of ether oxygens (including phenoxy) is 1. The highest BCUT2D eigenvalue weighted by atomic mass is 16.5. The fourth-order valence-corrected chi connectivity index (χ4v) is 5.18. The fourth-order valence-electron chi connectivity index (χ4n) is 5.18. The minimum atomic E-state index is -0.0710. The quantitative estimate of drug-likeness (QED) is 0.297. The molecule has 3 heterocycles. The predicted molar refractivity (Wildman–Crippen MR) is 140 cm³/mol. The van der Waals surface area contributed by atoms with Crippen LogP contribution in [0.3, 0.4) is 0 Å². The Hall–Kier alpha value is -3.45. The molecule has 0 amide bonds. The maximum Gasteiger partial charge on any atom is 0.310 e. The van der Waals surface area contributed by atoms with E-state index in [0.29, 0.717) is 24.4 Å². The van der Waals surface area contributed by atoms with Crippen LogP contribution in [0, 0.1) is 12.8 Å². The number of carbonyl (C=O) groups is 1. The molecule has 0 aliphatic carbocycles. The Morgan fingerprint density at radius 2 is 2.06 bits per heavy atom. The van der Waals surface area contributed by atoms with Gasteiger partial charge < -0.3 is 13.8 Å². The Morgan fingerprint density at radius 3 is 2.83 bits per heavy atom. The number of hydrogen-bond acceptors (Lipinski definition) is 6. The maximum absolute atomic E-state index is 12.2. The van der Waals surface area contributed by atoms with Crippen LogP contribution in [-0.2, 0) is 16.1 Å². The lowest BCUT2D eigenvalue weighted by Crippen LogP contribution is -2.38. The number of rotatable bonds is 7. The molecule has 2 aromatic heterocycles. The summed E-state index contributed by atoms with van der Waals surface area (Å²) in [7, 11) is 0. The van der Waals surface area contributed by atoms with E-state index in [2.05, 4.69) is 78.0 Å². The summed E-state index contributed by atoms with van der Waals surface area (Å²) in [6.45, 7) is 11.3. The van der Waals surface area contributed by atoms with Crippen molar-refractivity contribution in [3.8, 4) is 22.8 Å². The lowest BCUT2D eigenvalue weighted by molar-refractivity contribution is -0.150. The second-order valence-electron chi connectivity index (χ2n) is 9.99. The van der Waals surface area contributed by atoms with Crippen molar-refractivity contribution in [3.63, 3.8) is 0 Å². The highest BCUT2D eigenvalue weighted by Gasteiger charge is 2.27. The number of esters is 1. The van der Waals surface area contributed by atoms with E-state index in [1.54, 1.807) is 0 Å². The van der Waals surface area contributed by atoms with Gasteiger partial charge in [-0.3, -0.25) is 9.69 Å². The van der Waals surface area contributed by atoms with Gasteiger partial charge in [-0.05, 0) is 82.5 Å². The molecule has 1 aliphatic rings. The van der Waals surface area contributed by atoms with Crippen LogP contribution in [0.4, 0.5) is 0 Å². The summed E-state index contributed by atoms with van der Waals surface area (Å²) in [4.78, 5) is 19.2. The molecule has 2 aromatic carbocycles. The third-order valence-corrected chi connectivity index (χ3v) is 7.01. The summed E-state index contributed by atoms with van der Waals surface area (Å²) in [5.74, 6) is 1.01. The van der Waals surface area contributed by atoms with E-state index in [9.17, 15) is 4.79 Å². The van der Waals surface area contributed by atoms with Crippen molar-refractivity contribution in [2.45, 2.75) is 53.1 Å². The van der Waals surface area contributed by atoms with Gasteiger partial charge in [-0.1, -0.05) is 23.4 Å². The largest absolute Gasteiger partial charge is 0.466 e. The summed E-state index contributed by atoms with van der Waals surface area (Å²) >= 11 is 0. The fraction of sp³-hybridized carbons (Fsp3) is 0.414. The highest BCUT2D eigenvalue weighted by molar-refractivity contribution is 5.84. The van der Waals surface area contributed by atoms with Crippen LogP contribution in [0.5, 0.6) is 0 Å². The zero-order chi connectivity index (χ0) is 25.2. The molecule has 1 aliphatic heterocycles. The Bertz CT molecular complexity index is 1370. The van der Waals surface area contributed by atoms with Gasteiger partial charge in [-0.15, -0.1) is 0 Å². The van der Waals surface area contributed by atoms with Crippen LogP contribution in [0.1, 0.15) is 50.8 Å². The molecule has 36 heavy (non-hydrogen) atoms. The van der Waals surface area contributed by atoms with Crippen LogP contribution < -0.4 is 0 Å². The van der Waals surface area contributed by atoms with Gasteiger partial charge in [0.2, 0.25) is 5.82 Å². The third kappa shape index (κ3) is 4.93. The second-order valence-corrected chi connectivity index (χ2v) is 9.99. The van der Waals surface area contributed by atoms with E-state index in [1.165, 1.54) is 11.1 Å². The first-order valence-corrected chi connectivity index (χ1v) is 12.9. The SMILES string of the molecule is CCOC(=O)C1CCCN(Cc2ccc(-c3noc(-c4ccc5c(ccn5C(C)C)c4)n3)c(C)c2)C1. The molecule has 1 unspecified atom stereocenters. The van der Waals surface area contributed by atoms with Crippen molar-refractivity contribution in [1.29, 1.82) is 0 Å². The van der Waals surface area contributed by atoms with Crippen LogP contribution in [0.2, 0.25) is 0 Å². The van der Waals surface area contributed by atoms with Crippen molar-refractivity contribution in [1.82, 2.24) is 19.6 Å². The molecular weight excluding hydrogens is 452 g/mol. The van der Waals surface area contributed by atoms with Gasteiger partial charge in [0.1, 0.15) is 0 Å². The molecule has 5 rings (SSSR count). The molecule has 4 aromatic rings. The summed E-state index contributed by atoms with van der Waals surface area (Å²) in [6.07, 6.45) is 4.04. The van der Waals surface area contributed by atoms with Crippen LogP contribution >= 0.6 is 0 Å². The van der Waals surface area contributed by atoms with E-state index in [4.69, 9.17) is 14.2 Å². The van der Waals surface area contributed by atoms with Gasteiger partial charge in [0.05, 0.1) is 12.5 Å². The molecule has 0 spiro atoms. The topological polar surface area (TPSA) is 73.4 Å². The molecule has 0 N–H and O–H groups in total. The van der Waals surface area contributed by atoms with Crippen molar-refractivity contribution in [3.05, 3.63) is 59.8 Å². The molecular formula is C29H34N4O3. The van der Waals surface area contributed by atoms with Crippen molar-refractivity contribution < 1.29 is 14.1 Å². The molecule has 7 heteroatoms. The number of carbonyl (C=O) groups excluding carboxylic acids is 1. The van der Waals surface area contributed by atoms with Crippen LogP contribution in [-0.4, -0.2) is 45.3 Å². The lowest BCUT2D eigenvalue weighted by Gasteiger charge is -2.31. The summed E-state index contributed by atoms with van der Waals surface area (Å²) in [6, 6.07) is 15.1. The predicted octanol–water partition coefficient (Wildman–Crippen LogP) is 6.02. The van der Waals surface area contributed by atoms with Gasteiger partial charge >= 0.3 is 5.97 Å². The molecule has 7 nitrogen and oxygen atoms in total. The smallest absolute Gasteiger partial charge is 0.310 e. The van der Waals surface area contributed by atoms with E-state index >= 15 is 0 Å². The highest BCUT2D eigenvalue weighted by Crippen LogP contribution is 2.29. The minimum absolute atomic E-state index is 0.0278. The number of aromatic nitrogens is 3. The number of benzene rings is 2. The second kappa shape index (κ2) is 10.3. The molecule has 0 radical (unpaired) electrons. The number of nitrogens with zero attached hydrogens (tertiary/aromatic N) is 4. The van der Waals surface area contributed by atoms with Gasteiger partial charge in [0.15, 0.2) is 0 Å². The average Bonchev–Trinajstić information content (AvgIpc) is 3.52. The number of fused-ring (bicyclic) bond motifs is 1. The van der Waals surface area contributed by atoms with E-state index < -0.39 is 0 Å². The van der Waals surface area contributed by atoms with Gasteiger partial charge in [0, 0.05) is 47.4 Å². The normalized spacial score (nSPS) is 16.6. The van der Waals surface area contributed by atoms with Crippen molar-refractivity contribution in [2.75, 3.05) is 19.7 Å². The van der Waals surface area contributed by atoms with E-state index in [-0.39, 0.29) is 11.9 Å². The standard InChI is InChI=1S/C29H34N4O3/c1-5-35-29(34)24-7-6-13-32(18-24)17-21-8-10-25(20(4)15-21)27-30-28(36-31-27)23-9-11-26-22(16-23)12-14-33(26)19(2)3/h8-12,14-16,19,24H,5-7,13,17-18H2,1-4H3. The zero-order valence-electron chi connectivity index (χ0n) is 21.5. The minimum Gasteiger partial charge on any atom is -0.466 e. The first-order valence-electron chi connectivity index (χ1n) is 12.9. The summed E-state index contributed by atoms with van der Waals surface area (Å²) < 4.78 is 13.1. The number of hydrogen-bond donors (Lipinski definition) is 0. The summed E-state index contributed by atoms with van der Waals surface area (Å²) in [5.41, 5.74) is 5.39. The average molecular weight is 487 g/mol. The van der Waals surface area contributed by atoms with Gasteiger partial charge in [-0.2, -0.15) is 4.98 Å². The van der Waals surface area contributed by atoms with E-state index in [1.807, 2.05) is 13.0 Å². The summed E-state index contributed by atoms with van der Waals surface area (Å²) in [5, 5.41) is 5.43. The molecule has 0 bridgehead atoms. The molecule has 1 atom stereocenters. The maximum atomic E-state index is 12.2. The molecule has 188 valence electrons. The number of piperidine rings is 1. The lowest BCUT2D eigenvalue weighted by atomic mass is 9.97. The van der Waals surface area contributed by atoms with E-state index in [0.717, 1.165) is 54.6 Å². The Morgan fingerprint density at radius 1 is 1.19 bits per heavy atom. The van der Waals surface area contributed by atoms with Crippen molar-refractivity contribution in [2.24, 2.45) is 5.92 Å². The Kier molecular flexibility index (Phi) is 6.92. The molecule has 0 saturated carbocycles. The zero-order valence-corrected chi connectivity index (χ0v) is 21.5. The number of aryl methyl sites for hydroxylation is 1. The molecule has 1 fully saturated rings. The number of likely N-dealkylation sites (tertiary alicyclic amines) is 1.